The van der Waals surface area contributed by atoms with Gasteiger partial charge >= 0.3 is 0 Å². The van der Waals surface area contributed by atoms with Gasteiger partial charge in [0.2, 0.25) is 0 Å². The third kappa shape index (κ3) is 6.38. The molecule has 2 amide bonds. The molecule has 0 radical (unpaired) electrons. The van der Waals surface area contributed by atoms with Crippen molar-refractivity contribution in [2.24, 2.45) is 0 Å². The van der Waals surface area contributed by atoms with Crippen molar-refractivity contribution < 1.29 is 23.6 Å². The SMILES string of the molecule is CC[NH+](CC(=O)Nc1ccc(OC)cc1)CC(=O)Nc1ccc(C)cc1F. The molecule has 2 aromatic carbocycles. The summed E-state index contributed by atoms with van der Waals surface area (Å²) < 4.78 is 18.9. The molecule has 0 aliphatic carbocycles. The molecule has 0 bridgehead atoms. The molecule has 0 fully saturated rings. The second-order valence-corrected chi connectivity index (χ2v) is 6.27. The summed E-state index contributed by atoms with van der Waals surface area (Å²) in [5, 5.41) is 5.35. The van der Waals surface area contributed by atoms with Gasteiger partial charge in [-0.1, -0.05) is 6.07 Å². The first-order valence-corrected chi connectivity index (χ1v) is 8.74. The van der Waals surface area contributed by atoms with Crippen LogP contribution in [0.1, 0.15) is 12.5 Å². The fourth-order valence-corrected chi connectivity index (χ4v) is 2.56. The third-order valence-electron chi connectivity index (χ3n) is 4.09. The lowest BCUT2D eigenvalue weighted by molar-refractivity contribution is -0.881. The Bertz CT molecular complexity index is 794. The zero-order chi connectivity index (χ0) is 19.8. The number of likely N-dealkylation sites (N-methyl/N-ethyl adjacent to an activating group) is 1. The number of carbonyl (C=O) groups is 2. The van der Waals surface area contributed by atoms with Gasteiger partial charge in [-0.2, -0.15) is 0 Å². The van der Waals surface area contributed by atoms with Crippen LogP contribution in [-0.4, -0.2) is 38.6 Å². The lowest BCUT2D eigenvalue weighted by Gasteiger charge is -2.17. The lowest BCUT2D eigenvalue weighted by Crippen LogP contribution is -3.13. The Morgan fingerprint density at radius 3 is 2.22 bits per heavy atom. The summed E-state index contributed by atoms with van der Waals surface area (Å²) in [6.07, 6.45) is 0. The van der Waals surface area contributed by atoms with E-state index in [4.69, 9.17) is 4.74 Å². The van der Waals surface area contributed by atoms with E-state index in [0.29, 0.717) is 18.0 Å². The summed E-state index contributed by atoms with van der Waals surface area (Å²) in [6.45, 7) is 4.45. The fourth-order valence-electron chi connectivity index (χ4n) is 2.56. The van der Waals surface area contributed by atoms with Crippen LogP contribution in [0.4, 0.5) is 15.8 Å². The maximum Gasteiger partial charge on any atom is 0.279 e. The minimum Gasteiger partial charge on any atom is -0.497 e. The monoisotopic (exact) mass is 374 g/mol. The van der Waals surface area contributed by atoms with Gasteiger partial charge in [0.1, 0.15) is 11.6 Å². The van der Waals surface area contributed by atoms with Crippen molar-refractivity contribution in [2.75, 3.05) is 37.4 Å². The van der Waals surface area contributed by atoms with Gasteiger partial charge in [-0.05, 0) is 55.8 Å². The minimum atomic E-state index is -0.473. The summed E-state index contributed by atoms with van der Waals surface area (Å²) >= 11 is 0. The molecule has 0 saturated carbocycles. The van der Waals surface area contributed by atoms with E-state index in [1.165, 1.54) is 12.1 Å². The van der Waals surface area contributed by atoms with Crippen LogP contribution in [0.25, 0.3) is 0 Å². The number of anilines is 2. The van der Waals surface area contributed by atoms with Crippen LogP contribution in [0.15, 0.2) is 42.5 Å². The zero-order valence-corrected chi connectivity index (χ0v) is 15.8. The molecule has 144 valence electrons. The van der Waals surface area contributed by atoms with Crippen molar-refractivity contribution in [3.8, 4) is 5.75 Å². The normalized spacial score (nSPS) is 11.6. The molecule has 7 heteroatoms. The van der Waals surface area contributed by atoms with Gasteiger partial charge in [0.05, 0.1) is 19.3 Å². The standard InChI is InChI=1S/C20H24FN3O3/c1-4-24(12-19(25)22-15-6-8-16(27-3)9-7-15)13-20(26)23-18-10-5-14(2)11-17(18)21/h5-11H,4,12-13H2,1-3H3,(H,22,25)(H,23,26)/p+1. The molecule has 0 saturated heterocycles. The average Bonchev–Trinajstić information content (AvgIpc) is 2.64. The maximum absolute atomic E-state index is 13.8. The number of methoxy groups -OCH3 is 1. The summed E-state index contributed by atoms with van der Waals surface area (Å²) in [5.41, 5.74) is 1.58. The van der Waals surface area contributed by atoms with Crippen LogP contribution in [-0.2, 0) is 9.59 Å². The van der Waals surface area contributed by atoms with E-state index in [1.54, 1.807) is 44.4 Å². The summed E-state index contributed by atoms with van der Waals surface area (Å²) in [6, 6.07) is 11.6. The van der Waals surface area contributed by atoms with E-state index in [2.05, 4.69) is 10.6 Å². The predicted molar refractivity (Wildman–Crippen MR) is 103 cm³/mol. The molecule has 3 N–H and O–H groups in total. The highest BCUT2D eigenvalue weighted by Crippen LogP contribution is 2.15. The van der Waals surface area contributed by atoms with Gasteiger partial charge in [-0.15, -0.1) is 0 Å². The molecule has 2 aromatic rings. The van der Waals surface area contributed by atoms with Crippen molar-refractivity contribution in [1.29, 1.82) is 0 Å². The quantitative estimate of drug-likeness (QED) is 0.658. The van der Waals surface area contributed by atoms with Crippen LogP contribution in [0, 0.1) is 12.7 Å². The number of halogens is 1. The molecule has 0 aromatic heterocycles. The van der Waals surface area contributed by atoms with E-state index in [0.717, 1.165) is 10.5 Å². The van der Waals surface area contributed by atoms with E-state index < -0.39 is 5.82 Å². The highest BCUT2D eigenvalue weighted by Gasteiger charge is 2.18. The molecule has 6 nitrogen and oxygen atoms in total. The number of aryl methyl sites for hydroxylation is 1. The average molecular weight is 374 g/mol. The van der Waals surface area contributed by atoms with E-state index in [-0.39, 0.29) is 30.6 Å². The van der Waals surface area contributed by atoms with Crippen LogP contribution >= 0.6 is 0 Å². The fraction of sp³-hybridized carbons (Fsp3) is 0.300. The number of rotatable bonds is 8. The van der Waals surface area contributed by atoms with Gasteiger partial charge in [0.25, 0.3) is 11.8 Å². The van der Waals surface area contributed by atoms with E-state index in [9.17, 15) is 14.0 Å². The van der Waals surface area contributed by atoms with E-state index in [1.807, 2.05) is 6.92 Å². The Kier molecular flexibility index (Phi) is 7.31. The summed E-state index contributed by atoms with van der Waals surface area (Å²) in [7, 11) is 1.57. The molecular weight excluding hydrogens is 349 g/mol. The number of nitrogens with one attached hydrogen (secondary N) is 3. The topological polar surface area (TPSA) is 71.9 Å². The highest BCUT2D eigenvalue weighted by atomic mass is 19.1. The van der Waals surface area contributed by atoms with Crippen LogP contribution < -0.4 is 20.3 Å². The predicted octanol–water partition coefficient (Wildman–Crippen LogP) is 1.62. The van der Waals surface area contributed by atoms with Crippen molar-refractivity contribution in [2.45, 2.75) is 13.8 Å². The number of benzene rings is 2. The smallest absolute Gasteiger partial charge is 0.279 e. The number of hydrogen-bond donors (Lipinski definition) is 3. The van der Waals surface area contributed by atoms with Gasteiger partial charge in [-0.3, -0.25) is 9.59 Å². The lowest BCUT2D eigenvalue weighted by atomic mass is 10.2. The largest absolute Gasteiger partial charge is 0.497 e. The van der Waals surface area contributed by atoms with Gasteiger partial charge < -0.3 is 20.3 Å². The molecule has 2 rings (SSSR count). The molecule has 0 aliphatic rings. The molecule has 1 unspecified atom stereocenters. The van der Waals surface area contributed by atoms with Crippen molar-refractivity contribution >= 4 is 23.2 Å². The number of hydrogen-bond acceptors (Lipinski definition) is 3. The molecular formula is C20H25FN3O3+. The van der Waals surface area contributed by atoms with Crippen LogP contribution in [0.5, 0.6) is 5.75 Å². The Balaban J connectivity index is 1.87. The molecule has 1 atom stereocenters. The van der Waals surface area contributed by atoms with E-state index >= 15 is 0 Å². The number of carbonyl (C=O) groups excluding carboxylic acids is 2. The Hall–Kier alpha value is -2.93. The first kappa shape index (κ1) is 20.4. The van der Waals surface area contributed by atoms with Crippen molar-refractivity contribution in [3.05, 3.63) is 53.8 Å². The van der Waals surface area contributed by atoms with Crippen molar-refractivity contribution in [3.63, 3.8) is 0 Å². The Labute approximate surface area is 158 Å². The number of amides is 2. The maximum atomic E-state index is 13.8. The van der Waals surface area contributed by atoms with Gasteiger partial charge in [0, 0.05) is 5.69 Å². The second kappa shape index (κ2) is 9.68. The molecule has 0 spiro atoms. The zero-order valence-electron chi connectivity index (χ0n) is 15.8. The first-order chi connectivity index (χ1) is 12.9. The Morgan fingerprint density at radius 2 is 1.67 bits per heavy atom. The van der Waals surface area contributed by atoms with Crippen LogP contribution in [0.3, 0.4) is 0 Å². The highest BCUT2D eigenvalue weighted by molar-refractivity contribution is 5.93. The summed E-state index contributed by atoms with van der Waals surface area (Å²) in [5.74, 6) is -0.314. The Morgan fingerprint density at radius 1 is 1.04 bits per heavy atom. The number of ether oxygens (including phenoxy) is 1. The van der Waals surface area contributed by atoms with Gasteiger partial charge in [0.15, 0.2) is 13.1 Å². The van der Waals surface area contributed by atoms with Crippen LogP contribution in [0.2, 0.25) is 0 Å². The second-order valence-electron chi connectivity index (χ2n) is 6.27. The molecule has 27 heavy (non-hydrogen) atoms. The van der Waals surface area contributed by atoms with Gasteiger partial charge in [-0.25, -0.2) is 4.39 Å². The summed E-state index contributed by atoms with van der Waals surface area (Å²) in [4.78, 5) is 25.2. The number of quaternary nitrogens is 1. The third-order valence-corrected chi connectivity index (χ3v) is 4.09. The first-order valence-electron chi connectivity index (χ1n) is 8.74. The molecule has 0 heterocycles. The van der Waals surface area contributed by atoms with Crippen molar-refractivity contribution in [1.82, 2.24) is 0 Å². The minimum absolute atomic E-state index is 0.0693. The molecule has 0 aliphatic heterocycles.